The Hall–Kier alpha value is 0.177. The predicted octanol–water partition coefficient (Wildman–Crippen LogP) is 5.86. The summed E-state index contributed by atoms with van der Waals surface area (Å²) in [7, 11) is -1.55. The summed E-state index contributed by atoms with van der Waals surface area (Å²) in [5.74, 6) is 2.67. The maximum Gasteiger partial charge on any atom is 0.191 e. The van der Waals surface area contributed by atoms with E-state index < -0.39 is 8.32 Å². The lowest BCUT2D eigenvalue weighted by Crippen LogP contribution is -2.42. The highest BCUT2D eigenvalue weighted by molar-refractivity contribution is 6.74. The van der Waals surface area contributed by atoms with Crippen LogP contribution in [0.25, 0.3) is 0 Å². The molecule has 2 heteroatoms. The van der Waals surface area contributed by atoms with E-state index in [2.05, 4.69) is 47.7 Å². The predicted molar refractivity (Wildman–Crippen MR) is 88.1 cm³/mol. The van der Waals surface area contributed by atoms with Crippen LogP contribution in [-0.2, 0) is 4.43 Å². The molecule has 19 heavy (non-hydrogen) atoms. The Kier molecular flexibility index (Phi) is 6.13. The van der Waals surface area contributed by atoms with Crippen molar-refractivity contribution in [1.29, 1.82) is 0 Å². The van der Waals surface area contributed by atoms with Crippen LogP contribution in [0.3, 0.4) is 0 Å². The topological polar surface area (TPSA) is 9.23 Å². The van der Waals surface area contributed by atoms with Crippen molar-refractivity contribution < 1.29 is 4.43 Å². The molecule has 0 heterocycles. The fraction of sp³-hybridized carbons (Fsp3) is 1.00. The SMILES string of the molecule is CC[C@H](C)[C@H]1CCCC(CO[Si](C)(C)C(C)(C)C)C1. The van der Waals surface area contributed by atoms with Gasteiger partial charge >= 0.3 is 0 Å². The molecule has 0 aliphatic heterocycles. The second-order valence-electron chi connectivity index (χ2n) is 8.25. The normalized spacial score (nSPS) is 27.3. The van der Waals surface area contributed by atoms with Gasteiger partial charge in [-0.1, -0.05) is 53.9 Å². The minimum Gasteiger partial charge on any atom is -0.417 e. The van der Waals surface area contributed by atoms with Crippen molar-refractivity contribution in [1.82, 2.24) is 0 Å². The van der Waals surface area contributed by atoms with Gasteiger partial charge in [0.05, 0.1) is 0 Å². The molecule has 114 valence electrons. The Morgan fingerprint density at radius 1 is 1.21 bits per heavy atom. The van der Waals surface area contributed by atoms with Gasteiger partial charge in [0.15, 0.2) is 8.32 Å². The van der Waals surface area contributed by atoms with E-state index in [1.54, 1.807) is 0 Å². The van der Waals surface area contributed by atoms with E-state index in [1.807, 2.05) is 0 Å². The van der Waals surface area contributed by atoms with Crippen molar-refractivity contribution in [2.45, 2.75) is 84.9 Å². The van der Waals surface area contributed by atoms with E-state index in [4.69, 9.17) is 4.43 Å². The van der Waals surface area contributed by atoms with Crippen LogP contribution in [0.4, 0.5) is 0 Å². The summed E-state index contributed by atoms with van der Waals surface area (Å²) >= 11 is 0. The molecule has 0 saturated heterocycles. The summed E-state index contributed by atoms with van der Waals surface area (Å²) in [4.78, 5) is 0. The molecule has 3 atom stereocenters. The van der Waals surface area contributed by atoms with E-state index in [-0.39, 0.29) is 0 Å². The molecule has 0 radical (unpaired) electrons. The zero-order valence-corrected chi connectivity index (χ0v) is 15.4. The molecule has 1 unspecified atom stereocenters. The van der Waals surface area contributed by atoms with Crippen LogP contribution in [0.15, 0.2) is 0 Å². The highest BCUT2D eigenvalue weighted by atomic mass is 28.4. The average molecular weight is 285 g/mol. The first-order chi connectivity index (χ1) is 8.67. The standard InChI is InChI=1S/C17H36OSi/c1-8-14(2)16-11-9-10-15(12-16)13-18-19(6,7)17(3,4)5/h14-16H,8-13H2,1-7H3/t14-,15?,16-/m0/s1. The molecule has 1 fully saturated rings. The lowest BCUT2D eigenvalue weighted by molar-refractivity contribution is 0.139. The van der Waals surface area contributed by atoms with E-state index in [9.17, 15) is 0 Å². The fourth-order valence-electron chi connectivity index (χ4n) is 2.88. The van der Waals surface area contributed by atoms with E-state index in [1.165, 1.54) is 32.1 Å². The number of hydrogen-bond acceptors (Lipinski definition) is 1. The average Bonchev–Trinajstić information content (AvgIpc) is 2.34. The molecule has 1 nitrogen and oxygen atoms in total. The van der Waals surface area contributed by atoms with Crippen molar-refractivity contribution in [3.8, 4) is 0 Å². The van der Waals surface area contributed by atoms with Gasteiger partial charge in [-0.25, -0.2) is 0 Å². The van der Waals surface area contributed by atoms with Gasteiger partial charge in [-0.05, 0) is 48.7 Å². The first-order valence-corrected chi connectivity index (χ1v) is 11.2. The molecule has 1 rings (SSSR count). The van der Waals surface area contributed by atoms with Gasteiger partial charge in [0.1, 0.15) is 0 Å². The molecule has 1 aliphatic rings. The molecular formula is C17H36OSi. The summed E-state index contributed by atoms with van der Waals surface area (Å²) in [6.07, 6.45) is 7.00. The third-order valence-electron chi connectivity index (χ3n) is 5.76. The minimum absolute atomic E-state index is 0.345. The zero-order chi connectivity index (χ0) is 14.7. The molecule has 1 saturated carbocycles. The fourth-order valence-corrected chi connectivity index (χ4v) is 3.96. The molecule has 0 spiro atoms. The van der Waals surface area contributed by atoms with Crippen molar-refractivity contribution >= 4 is 8.32 Å². The summed E-state index contributed by atoms with van der Waals surface area (Å²) in [6, 6.07) is 0. The van der Waals surface area contributed by atoms with Gasteiger partial charge in [-0.3, -0.25) is 0 Å². The summed E-state index contributed by atoms with van der Waals surface area (Å²) < 4.78 is 6.43. The Labute approximate surface area is 122 Å². The van der Waals surface area contributed by atoms with Gasteiger partial charge < -0.3 is 4.43 Å². The molecular weight excluding hydrogens is 248 g/mol. The Morgan fingerprint density at radius 2 is 1.84 bits per heavy atom. The second kappa shape index (κ2) is 6.75. The minimum atomic E-state index is -1.55. The van der Waals surface area contributed by atoms with Crippen molar-refractivity contribution in [2.24, 2.45) is 17.8 Å². The Balaban J connectivity index is 2.45. The quantitative estimate of drug-likeness (QED) is 0.574. The van der Waals surface area contributed by atoms with Gasteiger partial charge in [-0.15, -0.1) is 0 Å². The lowest BCUT2D eigenvalue weighted by atomic mass is 9.75. The third kappa shape index (κ3) is 4.89. The smallest absolute Gasteiger partial charge is 0.191 e. The molecule has 0 aromatic rings. The van der Waals surface area contributed by atoms with E-state index in [0.717, 1.165) is 24.4 Å². The first kappa shape index (κ1) is 17.2. The van der Waals surface area contributed by atoms with Crippen molar-refractivity contribution in [2.75, 3.05) is 6.61 Å². The van der Waals surface area contributed by atoms with Crippen molar-refractivity contribution in [3.05, 3.63) is 0 Å². The van der Waals surface area contributed by atoms with Gasteiger partial charge in [0.25, 0.3) is 0 Å². The van der Waals surface area contributed by atoms with Crippen LogP contribution in [0.2, 0.25) is 18.1 Å². The van der Waals surface area contributed by atoms with Crippen LogP contribution < -0.4 is 0 Å². The molecule has 0 bridgehead atoms. The zero-order valence-electron chi connectivity index (χ0n) is 14.4. The third-order valence-corrected chi connectivity index (χ3v) is 10.3. The molecule has 0 N–H and O–H groups in total. The molecule has 0 amide bonds. The highest BCUT2D eigenvalue weighted by Gasteiger charge is 2.38. The van der Waals surface area contributed by atoms with Crippen LogP contribution in [0.5, 0.6) is 0 Å². The van der Waals surface area contributed by atoms with Gasteiger partial charge in [0, 0.05) is 6.61 Å². The second-order valence-corrected chi connectivity index (χ2v) is 13.1. The van der Waals surface area contributed by atoms with Crippen molar-refractivity contribution in [3.63, 3.8) is 0 Å². The summed E-state index contributed by atoms with van der Waals surface area (Å²) in [5, 5.41) is 0.345. The van der Waals surface area contributed by atoms with Gasteiger partial charge in [0.2, 0.25) is 0 Å². The molecule has 0 aromatic heterocycles. The summed E-state index contributed by atoms with van der Waals surface area (Å²) in [5.41, 5.74) is 0. The largest absolute Gasteiger partial charge is 0.417 e. The van der Waals surface area contributed by atoms with Crippen LogP contribution >= 0.6 is 0 Å². The van der Waals surface area contributed by atoms with Crippen LogP contribution in [0, 0.1) is 17.8 Å². The maximum atomic E-state index is 6.43. The molecule has 0 aromatic carbocycles. The lowest BCUT2D eigenvalue weighted by Gasteiger charge is -2.39. The first-order valence-electron chi connectivity index (χ1n) is 8.31. The van der Waals surface area contributed by atoms with Gasteiger partial charge in [-0.2, -0.15) is 0 Å². The monoisotopic (exact) mass is 284 g/mol. The number of hydrogen-bond donors (Lipinski definition) is 0. The Bertz CT molecular complexity index is 267. The Morgan fingerprint density at radius 3 is 2.37 bits per heavy atom. The maximum absolute atomic E-state index is 6.43. The van der Waals surface area contributed by atoms with Crippen LogP contribution in [-0.4, -0.2) is 14.9 Å². The van der Waals surface area contributed by atoms with Crippen LogP contribution in [0.1, 0.15) is 66.7 Å². The molecule has 1 aliphatic carbocycles. The highest BCUT2D eigenvalue weighted by Crippen LogP contribution is 2.39. The summed E-state index contributed by atoms with van der Waals surface area (Å²) in [6.45, 7) is 17.5. The van der Waals surface area contributed by atoms with E-state index >= 15 is 0 Å². The van der Waals surface area contributed by atoms with E-state index in [0.29, 0.717) is 5.04 Å². The number of rotatable bonds is 5.